The van der Waals surface area contributed by atoms with E-state index in [0.29, 0.717) is 11.6 Å². The van der Waals surface area contributed by atoms with Crippen LogP contribution in [0.4, 0.5) is 11.6 Å². The number of carboxylic acids is 1. The minimum Gasteiger partial charge on any atom is -0.480 e. The zero-order valence-electron chi connectivity index (χ0n) is 18.9. The Labute approximate surface area is 197 Å². The average Bonchev–Trinajstić information content (AvgIpc) is 3.30. The van der Waals surface area contributed by atoms with Gasteiger partial charge in [0.25, 0.3) is 0 Å². The molecule has 17 nitrogen and oxygen atoms in total. The number of hydrogen-bond donors (Lipinski definition) is 1. The number of ether oxygens (including phenoxy) is 2. The number of aromatic nitrogens is 4. The van der Waals surface area contributed by atoms with Crippen LogP contribution in [0.5, 0.6) is 0 Å². The van der Waals surface area contributed by atoms with Gasteiger partial charge in [0, 0.05) is 13.8 Å². The summed E-state index contributed by atoms with van der Waals surface area (Å²) >= 11 is 0. The molecule has 2 aromatic rings. The highest BCUT2D eigenvalue weighted by atomic mass is 16.6. The van der Waals surface area contributed by atoms with Gasteiger partial charge in [-0.25, -0.2) is 19.1 Å². The van der Waals surface area contributed by atoms with Gasteiger partial charge in [-0.3, -0.25) is 19.3 Å². The molecular weight excluding hydrogens is 474 g/mol. The largest absolute Gasteiger partial charge is 0.480 e. The Morgan fingerprint density at radius 3 is 1.63 bits per heavy atom. The minimum atomic E-state index is -1.31. The van der Waals surface area contributed by atoms with Crippen molar-refractivity contribution in [3.05, 3.63) is 44.3 Å². The van der Waals surface area contributed by atoms with E-state index in [2.05, 4.69) is 9.97 Å². The Morgan fingerprint density at radius 2 is 1.29 bits per heavy atom. The van der Waals surface area contributed by atoms with Crippen LogP contribution in [0, 0.1) is 34.1 Å². The third-order valence-electron chi connectivity index (χ3n) is 4.66. The van der Waals surface area contributed by atoms with Crippen molar-refractivity contribution in [1.29, 1.82) is 0 Å². The van der Waals surface area contributed by atoms with Gasteiger partial charge in [-0.05, 0) is 9.85 Å². The van der Waals surface area contributed by atoms with Crippen LogP contribution in [-0.4, -0.2) is 89.7 Å². The number of nitrogens with zero attached hydrogens (tertiary/aromatic N) is 7. The molecule has 0 amide bonds. The molecule has 1 N–H and O–H groups in total. The number of carbonyl (C=O) groups is 3. The fraction of sp³-hybridized carbons (Fsp3) is 0.500. The first kappa shape index (κ1) is 26.8. The molecule has 0 aliphatic carbocycles. The van der Waals surface area contributed by atoms with Gasteiger partial charge in [0.2, 0.25) is 0 Å². The SMILES string of the molecule is Cc1ncc([N+](=O)[O-])n1CCOC(=O)CN(CC(=O)O)CC(=O)OCCn1c([N+](=O)[O-])cnc1C. The topological polar surface area (TPSA) is 215 Å². The minimum absolute atomic E-state index is 0.0470. The van der Waals surface area contributed by atoms with E-state index in [-0.39, 0.29) is 37.9 Å². The zero-order chi connectivity index (χ0) is 26.1. The molecule has 0 saturated carbocycles. The number of nitro groups is 2. The summed E-state index contributed by atoms with van der Waals surface area (Å²) in [5.41, 5.74) is 0. The van der Waals surface area contributed by atoms with E-state index in [9.17, 15) is 34.6 Å². The molecule has 0 aromatic carbocycles. The summed E-state index contributed by atoms with van der Waals surface area (Å²) in [7, 11) is 0. The van der Waals surface area contributed by atoms with Crippen LogP contribution in [-0.2, 0) is 36.9 Å². The van der Waals surface area contributed by atoms with Crippen molar-refractivity contribution in [3.8, 4) is 0 Å². The zero-order valence-corrected chi connectivity index (χ0v) is 18.9. The summed E-state index contributed by atoms with van der Waals surface area (Å²) in [6, 6.07) is 0. The molecule has 0 spiro atoms. The molecule has 0 bridgehead atoms. The van der Waals surface area contributed by atoms with E-state index in [0.717, 1.165) is 17.3 Å². The van der Waals surface area contributed by atoms with Crippen LogP contribution < -0.4 is 0 Å². The second-order valence-electron chi connectivity index (χ2n) is 7.12. The first-order valence-corrected chi connectivity index (χ1v) is 10.1. The van der Waals surface area contributed by atoms with E-state index in [4.69, 9.17) is 14.6 Å². The molecule has 190 valence electrons. The van der Waals surface area contributed by atoms with Gasteiger partial charge in [0.05, 0.1) is 19.6 Å². The van der Waals surface area contributed by atoms with E-state index in [1.165, 1.54) is 9.13 Å². The van der Waals surface area contributed by atoms with Crippen molar-refractivity contribution in [2.45, 2.75) is 26.9 Å². The molecule has 0 aliphatic heterocycles. The highest BCUT2D eigenvalue weighted by Crippen LogP contribution is 2.14. The molecule has 0 saturated heterocycles. The third-order valence-corrected chi connectivity index (χ3v) is 4.66. The maximum absolute atomic E-state index is 12.1. The number of aliphatic carboxylic acids is 1. The van der Waals surface area contributed by atoms with Crippen molar-refractivity contribution >= 4 is 29.5 Å². The predicted octanol–water partition coefficient (Wildman–Crippen LogP) is -0.314. The maximum atomic E-state index is 12.1. The first-order chi connectivity index (χ1) is 16.5. The molecule has 17 heteroatoms. The number of carboxylic acid groups (broad SMARTS) is 1. The van der Waals surface area contributed by atoms with Crippen LogP contribution in [0.25, 0.3) is 0 Å². The second kappa shape index (κ2) is 12.2. The Bertz CT molecular complexity index is 1030. The number of aryl methyl sites for hydroxylation is 2. The fourth-order valence-corrected chi connectivity index (χ4v) is 3.07. The molecular formula is C18H23N7O10. The third kappa shape index (κ3) is 7.84. The summed E-state index contributed by atoms with van der Waals surface area (Å²) in [4.78, 5) is 64.7. The van der Waals surface area contributed by atoms with Gasteiger partial charge in [0.1, 0.15) is 38.7 Å². The quantitative estimate of drug-likeness (QED) is 0.201. The Morgan fingerprint density at radius 1 is 0.886 bits per heavy atom. The van der Waals surface area contributed by atoms with Crippen molar-refractivity contribution in [1.82, 2.24) is 24.0 Å². The summed E-state index contributed by atoms with van der Waals surface area (Å²) < 4.78 is 12.5. The Kier molecular flexibility index (Phi) is 9.33. The number of rotatable bonds is 14. The predicted molar refractivity (Wildman–Crippen MR) is 113 cm³/mol. The normalized spacial score (nSPS) is 10.8. The number of carbonyl (C=O) groups excluding carboxylic acids is 2. The summed E-state index contributed by atoms with van der Waals surface area (Å²) in [5.74, 6) is -2.87. The molecule has 0 atom stereocenters. The molecule has 2 heterocycles. The Balaban J connectivity index is 1.84. The molecule has 0 unspecified atom stereocenters. The van der Waals surface area contributed by atoms with E-state index >= 15 is 0 Å². The molecule has 0 radical (unpaired) electrons. The van der Waals surface area contributed by atoms with Gasteiger partial charge >= 0.3 is 29.5 Å². The number of esters is 2. The van der Waals surface area contributed by atoms with Gasteiger partial charge in [-0.15, -0.1) is 0 Å². The van der Waals surface area contributed by atoms with Gasteiger partial charge in [0.15, 0.2) is 11.6 Å². The number of imidazole rings is 2. The lowest BCUT2D eigenvalue weighted by Crippen LogP contribution is -2.39. The highest BCUT2D eigenvalue weighted by Gasteiger charge is 2.22. The van der Waals surface area contributed by atoms with Crippen molar-refractivity contribution in [2.24, 2.45) is 0 Å². The molecule has 35 heavy (non-hydrogen) atoms. The van der Waals surface area contributed by atoms with Gasteiger partial charge < -0.3 is 34.8 Å². The summed E-state index contributed by atoms with van der Waals surface area (Å²) in [6.45, 7) is 0.724. The van der Waals surface area contributed by atoms with Crippen molar-refractivity contribution < 1.29 is 38.8 Å². The second-order valence-corrected chi connectivity index (χ2v) is 7.12. The fourth-order valence-electron chi connectivity index (χ4n) is 3.07. The average molecular weight is 497 g/mol. The van der Waals surface area contributed by atoms with Crippen molar-refractivity contribution in [2.75, 3.05) is 32.8 Å². The van der Waals surface area contributed by atoms with E-state index in [1.807, 2.05) is 0 Å². The molecule has 2 aromatic heterocycles. The first-order valence-electron chi connectivity index (χ1n) is 10.1. The van der Waals surface area contributed by atoms with Crippen LogP contribution in [0.1, 0.15) is 11.6 Å². The van der Waals surface area contributed by atoms with Crippen LogP contribution >= 0.6 is 0 Å². The smallest absolute Gasteiger partial charge is 0.342 e. The van der Waals surface area contributed by atoms with Crippen LogP contribution in [0.3, 0.4) is 0 Å². The Hall–Kier alpha value is -4.41. The number of hydrogen-bond acceptors (Lipinski definition) is 12. The van der Waals surface area contributed by atoms with E-state index in [1.54, 1.807) is 13.8 Å². The maximum Gasteiger partial charge on any atom is 0.342 e. The highest BCUT2D eigenvalue weighted by molar-refractivity contribution is 5.77. The van der Waals surface area contributed by atoms with Crippen LogP contribution in [0.15, 0.2) is 12.4 Å². The lowest BCUT2D eigenvalue weighted by atomic mass is 10.4. The standard InChI is InChI=1S/C18H23N7O10/c1-12-19-7-14(24(30)31)22(12)3-5-34-17(28)10-21(9-16(26)27)11-18(29)35-6-4-23-13(2)20-8-15(23)25(32)33/h7-8H,3-6,9-11H2,1-2H3,(H,26,27). The monoisotopic (exact) mass is 497 g/mol. The van der Waals surface area contributed by atoms with Crippen molar-refractivity contribution in [3.63, 3.8) is 0 Å². The lowest BCUT2D eigenvalue weighted by molar-refractivity contribution is -0.392. The molecule has 0 fully saturated rings. The van der Waals surface area contributed by atoms with Gasteiger partial charge in [-0.2, -0.15) is 0 Å². The molecule has 2 rings (SSSR count). The van der Waals surface area contributed by atoms with Gasteiger partial charge in [-0.1, -0.05) is 0 Å². The van der Waals surface area contributed by atoms with E-state index < -0.39 is 47.4 Å². The summed E-state index contributed by atoms with van der Waals surface area (Å²) in [6.07, 6.45) is 2.15. The molecule has 0 aliphatic rings. The summed E-state index contributed by atoms with van der Waals surface area (Å²) in [5, 5.41) is 31.0. The lowest BCUT2D eigenvalue weighted by Gasteiger charge is -2.18. The van der Waals surface area contributed by atoms with Crippen LogP contribution in [0.2, 0.25) is 0 Å².